The molecule has 0 saturated heterocycles. The number of hydrazone groups is 1. The maximum absolute atomic E-state index is 13.4. The van der Waals surface area contributed by atoms with Gasteiger partial charge in [-0.15, -0.1) is 0 Å². The van der Waals surface area contributed by atoms with Gasteiger partial charge in [0, 0.05) is 17.1 Å². The van der Waals surface area contributed by atoms with E-state index in [9.17, 15) is 22.4 Å². The molecular formula is C20H19ClF4N5O5P. The quantitative estimate of drug-likeness (QED) is 0.120. The summed E-state index contributed by atoms with van der Waals surface area (Å²) in [6.07, 6.45) is -1.87. The summed E-state index contributed by atoms with van der Waals surface area (Å²) >= 11 is 6.21. The van der Waals surface area contributed by atoms with Crippen LogP contribution in [0.1, 0.15) is 23.7 Å². The molecule has 0 saturated carbocycles. The number of fused-ring (bicyclic) bond motifs is 1. The fourth-order valence-electron chi connectivity index (χ4n) is 3.25. The number of alkyl halides is 3. The lowest BCUT2D eigenvalue weighted by Crippen LogP contribution is -2.32. The standard InChI is InChI=1S/C20H19ClF4N5O5P/c1-12(21)17(7-28-30(10-31)11-34-36(32)33)29-5-4-14-16(8-29)26-9-27-19(14)35-18-3-2-13(22)6-15(18)20(23,24)25/h2-3,6-7,9-10,32-33H,4-5,8,11H2,1H3/b17-12-,28-7-. The molecule has 0 spiro atoms. The number of carbonyl (C=O) groups excluding carboxylic acids is 1. The summed E-state index contributed by atoms with van der Waals surface area (Å²) in [5, 5.41) is 4.99. The highest BCUT2D eigenvalue weighted by atomic mass is 35.5. The average molecular weight is 552 g/mol. The van der Waals surface area contributed by atoms with Gasteiger partial charge in [0.2, 0.25) is 12.3 Å². The summed E-state index contributed by atoms with van der Waals surface area (Å²) in [4.78, 5) is 38.7. The molecule has 2 heterocycles. The molecule has 0 unspecified atom stereocenters. The highest BCUT2D eigenvalue weighted by Crippen LogP contribution is 2.39. The van der Waals surface area contributed by atoms with E-state index in [1.807, 2.05) is 0 Å². The van der Waals surface area contributed by atoms with Crippen molar-refractivity contribution in [2.45, 2.75) is 26.1 Å². The molecule has 1 aliphatic rings. The second-order valence-electron chi connectivity index (χ2n) is 7.24. The molecule has 1 aromatic carbocycles. The van der Waals surface area contributed by atoms with Gasteiger partial charge < -0.3 is 19.4 Å². The number of ether oxygens (including phenoxy) is 1. The third-order valence-electron chi connectivity index (χ3n) is 4.87. The lowest BCUT2D eigenvalue weighted by molar-refractivity contribution is -0.138. The lowest BCUT2D eigenvalue weighted by atomic mass is 10.1. The van der Waals surface area contributed by atoms with E-state index in [-0.39, 0.29) is 18.8 Å². The molecule has 1 aliphatic heterocycles. The second kappa shape index (κ2) is 11.9. The fraction of sp³-hybridized carbons (Fsp3) is 0.300. The smallest absolute Gasteiger partial charge is 0.420 e. The minimum atomic E-state index is -4.84. The first kappa shape index (κ1) is 27.7. The highest BCUT2D eigenvalue weighted by molar-refractivity contribution is 7.39. The number of rotatable bonds is 9. The van der Waals surface area contributed by atoms with Gasteiger partial charge in [0.1, 0.15) is 23.5 Å². The lowest BCUT2D eigenvalue weighted by Gasteiger charge is -2.31. The van der Waals surface area contributed by atoms with Crippen LogP contribution in [-0.2, 0) is 28.5 Å². The van der Waals surface area contributed by atoms with Crippen LogP contribution in [0.4, 0.5) is 17.6 Å². The topological polar surface area (TPSA) is 121 Å². The highest BCUT2D eigenvalue weighted by Gasteiger charge is 2.35. The van der Waals surface area contributed by atoms with Crippen LogP contribution in [0.15, 0.2) is 40.4 Å². The number of allylic oxidation sites excluding steroid dienone is 2. The Morgan fingerprint density at radius 2 is 2.11 bits per heavy atom. The minimum absolute atomic E-state index is 0.0904. The van der Waals surface area contributed by atoms with Gasteiger partial charge >= 0.3 is 14.8 Å². The molecule has 194 valence electrons. The largest absolute Gasteiger partial charge is 0.438 e. The Bertz CT molecular complexity index is 1160. The van der Waals surface area contributed by atoms with Crippen LogP contribution in [0.3, 0.4) is 0 Å². The van der Waals surface area contributed by atoms with Gasteiger partial charge in [0.05, 0.1) is 24.2 Å². The summed E-state index contributed by atoms with van der Waals surface area (Å²) in [5.74, 6) is -1.74. The SMILES string of the molecule is C/C(Cl)=C(\C=N/N(C=O)COP(O)O)N1CCc2c(ncnc2Oc2ccc(F)cc2C(F)(F)F)C1. The Balaban J connectivity index is 1.83. The van der Waals surface area contributed by atoms with Gasteiger partial charge in [-0.2, -0.15) is 18.3 Å². The number of carbonyl (C=O) groups is 1. The van der Waals surface area contributed by atoms with Gasteiger partial charge in [-0.25, -0.2) is 19.4 Å². The molecule has 0 fully saturated rings. The van der Waals surface area contributed by atoms with Crippen molar-refractivity contribution in [3.63, 3.8) is 0 Å². The Hall–Kier alpha value is -2.90. The summed E-state index contributed by atoms with van der Waals surface area (Å²) < 4.78 is 63.5. The minimum Gasteiger partial charge on any atom is -0.438 e. The Morgan fingerprint density at radius 1 is 1.36 bits per heavy atom. The van der Waals surface area contributed by atoms with Crippen molar-refractivity contribution >= 4 is 32.8 Å². The van der Waals surface area contributed by atoms with Crippen LogP contribution < -0.4 is 4.74 Å². The van der Waals surface area contributed by atoms with E-state index < -0.39 is 38.6 Å². The Labute approximate surface area is 208 Å². The van der Waals surface area contributed by atoms with Gasteiger partial charge in [-0.05, 0) is 31.5 Å². The summed E-state index contributed by atoms with van der Waals surface area (Å²) in [7, 11) is -2.68. The van der Waals surface area contributed by atoms with Crippen LogP contribution in [-0.4, -0.2) is 55.6 Å². The van der Waals surface area contributed by atoms with Crippen molar-refractivity contribution in [1.82, 2.24) is 19.9 Å². The van der Waals surface area contributed by atoms with E-state index >= 15 is 0 Å². The predicted octanol–water partition coefficient (Wildman–Crippen LogP) is 3.89. The van der Waals surface area contributed by atoms with Gasteiger partial charge in [-0.1, -0.05) is 11.6 Å². The monoisotopic (exact) mass is 551 g/mol. The van der Waals surface area contributed by atoms with Crippen LogP contribution in [0.25, 0.3) is 0 Å². The molecule has 2 aromatic rings. The molecule has 0 radical (unpaired) electrons. The zero-order chi connectivity index (χ0) is 26.5. The van der Waals surface area contributed by atoms with E-state index in [0.717, 1.165) is 23.5 Å². The van der Waals surface area contributed by atoms with E-state index in [2.05, 4.69) is 19.6 Å². The van der Waals surface area contributed by atoms with Crippen LogP contribution in [0.2, 0.25) is 0 Å². The molecule has 2 N–H and O–H groups in total. The summed E-state index contributed by atoms with van der Waals surface area (Å²) in [5.41, 5.74) is 0.0537. The van der Waals surface area contributed by atoms with Crippen molar-refractivity contribution in [3.05, 3.63) is 57.9 Å². The van der Waals surface area contributed by atoms with Gasteiger partial charge in [0.25, 0.3) is 0 Å². The van der Waals surface area contributed by atoms with Crippen LogP contribution in [0, 0.1) is 5.82 Å². The molecular weight excluding hydrogens is 533 g/mol. The molecule has 0 aliphatic carbocycles. The van der Waals surface area contributed by atoms with Crippen molar-refractivity contribution < 1.29 is 41.4 Å². The zero-order valence-electron chi connectivity index (χ0n) is 18.5. The molecule has 3 rings (SSSR count). The van der Waals surface area contributed by atoms with Crippen molar-refractivity contribution in [2.75, 3.05) is 13.3 Å². The molecule has 0 bridgehead atoms. The van der Waals surface area contributed by atoms with Crippen LogP contribution >= 0.6 is 20.2 Å². The number of amides is 1. The summed E-state index contributed by atoms with van der Waals surface area (Å²) in [6, 6.07) is 2.09. The van der Waals surface area contributed by atoms with Crippen molar-refractivity contribution in [2.24, 2.45) is 5.10 Å². The van der Waals surface area contributed by atoms with Crippen molar-refractivity contribution in [1.29, 1.82) is 0 Å². The van der Waals surface area contributed by atoms with Crippen LogP contribution in [0.5, 0.6) is 11.6 Å². The first-order valence-electron chi connectivity index (χ1n) is 10.0. The van der Waals surface area contributed by atoms with Gasteiger partial charge in [-0.3, -0.25) is 9.32 Å². The van der Waals surface area contributed by atoms with E-state index in [1.54, 1.807) is 11.8 Å². The van der Waals surface area contributed by atoms with E-state index in [4.69, 9.17) is 26.1 Å². The first-order valence-corrected chi connectivity index (χ1v) is 11.6. The number of nitrogens with zero attached hydrogens (tertiary/aromatic N) is 5. The van der Waals surface area contributed by atoms with Gasteiger partial charge in [0.15, 0.2) is 6.73 Å². The molecule has 36 heavy (non-hydrogen) atoms. The molecule has 10 nitrogen and oxygen atoms in total. The molecule has 0 atom stereocenters. The van der Waals surface area contributed by atoms with E-state index in [1.165, 1.54) is 6.21 Å². The maximum atomic E-state index is 13.4. The third kappa shape index (κ3) is 7.08. The molecule has 16 heteroatoms. The predicted molar refractivity (Wildman–Crippen MR) is 120 cm³/mol. The third-order valence-corrected chi connectivity index (χ3v) is 5.41. The number of benzene rings is 1. The number of hydrogen-bond acceptors (Lipinski definition) is 9. The number of aromatic nitrogens is 2. The number of halogens is 5. The average Bonchev–Trinajstić information content (AvgIpc) is 2.81. The van der Waals surface area contributed by atoms with E-state index in [0.29, 0.717) is 41.0 Å². The Morgan fingerprint density at radius 3 is 2.75 bits per heavy atom. The Kier molecular flexibility index (Phi) is 9.14. The zero-order valence-corrected chi connectivity index (χ0v) is 20.1. The van der Waals surface area contributed by atoms with Crippen molar-refractivity contribution in [3.8, 4) is 11.6 Å². The normalized spacial score (nSPS) is 14.6. The number of hydrogen-bond donors (Lipinski definition) is 2. The molecule has 1 aromatic heterocycles. The molecule has 1 amide bonds. The maximum Gasteiger partial charge on any atom is 0.420 e. The second-order valence-corrected chi connectivity index (χ2v) is 8.57. The summed E-state index contributed by atoms with van der Waals surface area (Å²) in [6.45, 7) is 1.55. The fourth-order valence-corrected chi connectivity index (χ4v) is 3.64. The first-order chi connectivity index (χ1) is 17.0.